The fourth-order valence-electron chi connectivity index (χ4n) is 1.80. The third kappa shape index (κ3) is 2.33. The van der Waals surface area contributed by atoms with Crippen LogP contribution in [-0.2, 0) is 9.59 Å². The highest BCUT2D eigenvalue weighted by Gasteiger charge is 2.29. The summed E-state index contributed by atoms with van der Waals surface area (Å²) >= 11 is 0. The number of imide groups is 1. The van der Waals surface area contributed by atoms with Gasteiger partial charge in [0.1, 0.15) is 0 Å². The molecular formula is C14H13NO2. The summed E-state index contributed by atoms with van der Waals surface area (Å²) in [6.07, 6.45) is 15.9. The van der Waals surface area contributed by atoms with Gasteiger partial charge in [-0.15, -0.1) is 0 Å². The van der Waals surface area contributed by atoms with Crippen molar-refractivity contribution in [2.45, 2.75) is 13.0 Å². The molecule has 0 bridgehead atoms. The first-order valence-electron chi connectivity index (χ1n) is 5.47. The summed E-state index contributed by atoms with van der Waals surface area (Å²) < 4.78 is 0. The van der Waals surface area contributed by atoms with Gasteiger partial charge in [-0.2, -0.15) is 0 Å². The quantitative estimate of drug-likeness (QED) is 0.676. The molecule has 3 nitrogen and oxygen atoms in total. The summed E-state index contributed by atoms with van der Waals surface area (Å²) in [5.41, 5.74) is 0.927. The van der Waals surface area contributed by atoms with Gasteiger partial charge in [0.2, 0.25) is 0 Å². The summed E-state index contributed by atoms with van der Waals surface area (Å²) in [6, 6.07) is -0.252. The first-order valence-corrected chi connectivity index (χ1v) is 5.47. The molecule has 86 valence electrons. The van der Waals surface area contributed by atoms with E-state index in [4.69, 9.17) is 0 Å². The summed E-state index contributed by atoms with van der Waals surface area (Å²) in [4.78, 5) is 24.4. The van der Waals surface area contributed by atoms with Crippen LogP contribution in [0.25, 0.3) is 0 Å². The van der Waals surface area contributed by atoms with Crippen molar-refractivity contribution in [2.24, 2.45) is 0 Å². The maximum atomic E-state index is 11.6. The van der Waals surface area contributed by atoms with Gasteiger partial charge in [0, 0.05) is 12.2 Å². The lowest BCUT2D eigenvalue weighted by Gasteiger charge is -2.23. The van der Waals surface area contributed by atoms with Gasteiger partial charge < -0.3 is 0 Å². The van der Waals surface area contributed by atoms with E-state index in [0.29, 0.717) is 0 Å². The number of rotatable bonds is 2. The smallest absolute Gasteiger partial charge is 0.254 e. The maximum Gasteiger partial charge on any atom is 0.254 e. The molecule has 1 unspecified atom stereocenters. The third-order valence-electron chi connectivity index (χ3n) is 2.73. The topological polar surface area (TPSA) is 37.4 Å². The Labute approximate surface area is 100 Å². The molecule has 1 atom stereocenters. The number of nitrogens with zero attached hydrogens (tertiary/aromatic N) is 1. The first-order chi connectivity index (χ1) is 8.20. The molecule has 0 aromatic heterocycles. The van der Waals surface area contributed by atoms with Crippen LogP contribution in [0.4, 0.5) is 0 Å². The predicted molar refractivity (Wildman–Crippen MR) is 66.0 cm³/mol. The van der Waals surface area contributed by atoms with Crippen LogP contribution in [0, 0.1) is 0 Å². The minimum atomic E-state index is -0.252. The van der Waals surface area contributed by atoms with E-state index in [1.807, 2.05) is 49.5 Å². The number of carbonyl (C=O) groups is 2. The normalized spacial score (nSPS) is 20.5. The maximum absolute atomic E-state index is 11.6. The van der Waals surface area contributed by atoms with Crippen molar-refractivity contribution in [2.75, 3.05) is 0 Å². The highest BCUT2D eigenvalue weighted by atomic mass is 16.2. The Hall–Kier alpha value is -2.16. The van der Waals surface area contributed by atoms with Crippen LogP contribution in [-0.4, -0.2) is 22.8 Å². The Morgan fingerprint density at radius 3 is 2.18 bits per heavy atom. The summed E-state index contributed by atoms with van der Waals surface area (Å²) in [5, 5.41) is 0. The second-order valence-electron chi connectivity index (χ2n) is 3.85. The average molecular weight is 227 g/mol. The van der Waals surface area contributed by atoms with Crippen LogP contribution in [0.15, 0.2) is 60.3 Å². The SMILES string of the molecule is CC(C1=CC=CC=CC=C1)N1C(=O)C=CC1=O. The van der Waals surface area contributed by atoms with Crippen LogP contribution in [0.3, 0.4) is 0 Å². The second kappa shape index (κ2) is 4.78. The summed E-state index contributed by atoms with van der Waals surface area (Å²) in [5.74, 6) is -0.503. The molecule has 0 saturated heterocycles. The molecule has 1 aliphatic heterocycles. The van der Waals surface area contributed by atoms with Crippen LogP contribution < -0.4 is 0 Å². The van der Waals surface area contributed by atoms with Gasteiger partial charge in [-0.25, -0.2) is 0 Å². The lowest BCUT2D eigenvalue weighted by Crippen LogP contribution is -2.39. The predicted octanol–water partition coefficient (Wildman–Crippen LogP) is 1.91. The molecule has 1 aliphatic carbocycles. The van der Waals surface area contributed by atoms with Gasteiger partial charge in [-0.1, -0.05) is 42.5 Å². The van der Waals surface area contributed by atoms with E-state index in [-0.39, 0.29) is 17.9 Å². The van der Waals surface area contributed by atoms with E-state index in [2.05, 4.69) is 0 Å². The largest absolute Gasteiger partial charge is 0.269 e. The summed E-state index contributed by atoms with van der Waals surface area (Å²) in [7, 11) is 0. The number of allylic oxidation sites excluding steroid dienone is 6. The molecule has 0 radical (unpaired) electrons. The molecule has 0 spiro atoms. The fraction of sp³-hybridized carbons (Fsp3) is 0.143. The van der Waals surface area contributed by atoms with Gasteiger partial charge in [0.15, 0.2) is 0 Å². The number of hydrogen-bond acceptors (Lipinski definition) is 2. The number of carbonyl (C=O) groups excluding carboxylic acids is 2. The van der Waals surface area contributed by atoms with E-state index < -0.39 is 0 Å². The van der Waals surface area contributed by atoms with Gasteiger partial charge in [0.25, 0.3) is 11.8 Å². The average Bonchev–Trinajstić information content (AvgIpc) is 2.57. The van der Waals surface area contributed by atoms with E-state index in [9.17, 15) is 9.59 Å². The van der Waals surface area contributed by atoms with Crippen LogP contribution in [0.5, 0.6) is 0 Å². The molecule has 0 aromatic carbocycles. The molecule has 2 rings (SSSR count). The minimum Gasteiger partial charge on any atom is -0.269 e. The summed E-state index contributed by atoms with van der Waals surface area (Å²) in [6.45, 7) is 1.85. The molecular weight excluding hydrogens is 214 g/mol. The Morgan fingerprint density at radius 1 is 0.882 bits per heavy atom. The Balaban J connectivity index is 2.23. The van der Waals surface area contributed by atoms with Crippen molar-refractivity contribution in [3.8, 4) is 0 Å². The zero-order valence-electron chi connectivity index (χ0n) is 9.54. The lowest BCUT2D eigenvalue weighted by atomic mass is 10.1. The van der Waals surface area contributed by atoms with Gasteiger partial charge in [0.05, 0.1) is 6.04 Å². The fourth-order valence-corrected chi connectivity index (χ4v) is 1.80. The van der Waals surface area contributed by atoms with Crippen LogP contribution >= 0.6 is 0 Å². The zero-order valence-corrected chi connectivity index (χ0v) is 9.54. The zero-order chi connectivity index (χ0) is 12.3. The van der Waals surface area contributed by atoms with Gasteiger partial charge >= 0.3 is 0 Å². The Morgan fingerprint density at radius 2 is 1.47 bits per heavy atom. The van der Waals surface area contributed by atoms with Gasteiger partial charge in [-0.3, -0.25) is 14.5 Å². The molecule has 0 fully saturated rings. The van der Waals surface area contributed by atoms with Crippen molar-refractivity contribution in [1.29, 1.82) is 0 Å². The van der Waals surface area contributed by atoms with Crippen LogP contribution in [0.2, 0.25) is 0 Å². The molecule has 2 aliphatic rings. The molecule has 3 heteroatoms. The number of hydrogen-bond donors (Lipinski definition) is 0. The highest BCUT2D eigenvalue weighted by molar-refractivity contribution is 6.13. The van der Waals surface area contributed by atoms with Crippen molar-refractivity contribution < 1.29 is 9.59 Å². The third-order valence-corrected chi connectivity index (χ3v) is 2.73. The van der Waals surface area contributed by atoms with Crippen molar-refractivity contribution in [1.82, 2.24) is 4.90 Å². The van der Waals surface area contributed by atoms with E-state index >= 15 is 0 Å². The Bertz CT molecular complexity index is 474. The van der Waals surface area contributed by atoms with E-state index in [1.165, 1.54) is 17.1 Å². The molecule has 0 N–H and O–H groups in total. The van der Waals surface area contributed by atoms with E-state index in [0.717, 1.165) is 5.57 Å². The second-order valence-corrected chi connectivity index (χ2v) is 3.85. The van der Waals surface area contributed by atoms with Gasteiger partial charge in [-0.05, 0) is 12.5 Å². The standard InChI is InChI=1S/C14H13NO2/c1-11(15-13(16)9-10-14(15)17)12-7-5-3-2-4-6-8-12/h2-11H,1H3. The molecule has 0 aromatic rings. The van der Waals surface area contributed by atoms with Crippen molar-refractivity contribution in [3.63, 3.8) is 0 Å². The number of amides is 2. The Kier molecular flexibility index (Phi) is 3.19. The van der Waals surface area contributed by atoms with Crippen molar-refractivity contribution >= 4 is 11.8 Å². The molecule has 2 amide bonds. The minimum absolute atomic E-state index is 0.251. The molecule has 17 heavy (non-hydrogen) atoms. The lowest BCUT2D eigenvalue weighted by molar-refractivity contribution is -0.138. The molecule has 0 saturated carbocycles. The monoisotopic (exact) mass is 227 g/mol. The first kappa shape index (κ1) is 11.3. The van der Waals surface area contributed by atoms with Crippen molar-refractivity contribution in [3.05, 3.63) is 60.3 Å². The van der Waals surface area contributed by atoms with Crippen LogP contribution in [0.1, 0.15) is 6.92 Å². The highest BCUT2D eigenvalue weighted by Crippen LogP contribution is 2.17. The molecule has 1 heterocycles. The van der Waals surface area contributed by atoms with E-state index in [1.54, 1.807) is 0 Å².